The zero-order valence-electron chi connectivity index (χ0n) is 16.1. The molecule has 1 unspecified atom stereocenters. The molecule has 0 bridgehead atoms. The number of aryl methyl sites for hydroxylation is 1. The molecule has 3 aromatic rings. The van der Waals surface area contributed by atoms with Gasteiger partial charge in [-0.3, -0.25) is 4.79 Å². The van der Waals surface area contributed by atoms with Gasteiger partial charge in [0.05, 0.1) is 6.04 Å². The summed E-state index contributed by atoms with van der Waals surface area (Å²) in [7, 11) is 1.82. The summed E-state index contributed by atoms with van der Waals surface area (Å²) in [5.41, 5.74) is 3.52. The smallest absolute Gasteiger partial charge is 0.217 e. The van der Waals surface area contributed by atoms with Crippen LogP contribution in [0.25, 0.3) is 10.6 Å². The van der Waals surface area contributed by atoms with Crippen LogP contribution in [0.4, 0.5) is 4.39 Å². The van der Waals surface area contributed by atoms with Crippen molar-refractivity contribution >= 4 is 17.2 Å². The lowest BCUT2D eigenvalue weighted by molar-refractivity contribution is -0.119. The fourth-order valence-corrected chi connectivity index (χ4v) is 3.90. The van der Waals surface area contributed by atoms with Gasteiger partial charge in [-0.2, -0.15) is 0 Å². The highest BCUT2D eigenvalue weighted by Crippen LogP contribution is 2.29. The normalized spacial score (nSPS) is 12.0. The van der Waals surface area contributed by atoms with E-state index in [2.05, 4.69) is 20.8 Å². The van der Waals surface area contributed by atoms with Gasteiger partial charge >= 0.3 is 0 Å². The van der Waals surface area contributed by atoms with Crippen LogP contribution in [-0.4, -0.2) is 23.2 Å². The van der Waals surface area contributed by atoms with Crippen molar-refractivity contribution in [2.75, 3.05) is 7.05 Å². The fraction of sp³-hybridized carbons (Fsp3) is 0.286. The highest BCUT2D eigenvalue weighted by Gasteiger charge is 2.21. The third kappa shape index (κ3) is 4.99. The second-order valence-corrected chi connectivity index (χ2v) is 7.74. The Morgan fingerprint density at radius 3 is 2.71 bits per heavy atom. The Hall–Kier alpha value is -2.64. The molecule has 0 radical (unpaired) electrons. The quantitative estimate of drug-likeness (QED) is 0.635. The molecule has 5 nitrogen and oxygen atoms in total. The molecule has 0 aliphatic carbocycles. The minimum atomic E-state index is -0.432. The highest BCUT2D eigenvalue weighted by molar-refractivity contribution is 7.14. The van der Waals surface area contributed by atoms with E-state index in [1.165, 1.54) is 24.3 Å². The Kier molecular flexibility index (Phi) is 6.49. The number of hydrogen-bond donors (Lipinski definition) is 2. The van der Waals surface area contributed by atoms with Crippen LogP contribution < -0.4 is 10.6 Å². The van der Waals surface area contributed by atoms with E-state index in [0.717, 1.165) is 21.7 Å². The van der Waals surface area contributed by atoms with Crippen molar-refractivity contribution in [3.05, 3.63) is 70.0 Å². The summed E-state index contributed by atoms with van der Waals surface area (Å²) in [5.74, 6) is -0.476. The zero-order valence-corrected chi connectivity index (χ0v) is 16.9. The van der Waals surface area contributed by atoms with Crippen molar-refractivity contribution < 1.29 is 9.18 Å². The van der Waals surface area contributed by atoms with E-state index in [4.69, 9.17) is 0 Å². The number of nitrogens with zero attached hydrogens (tertiary/aromatic N) is 2. The summed E-state index contributed by atoms with van der Waals surface area (Å²) in [6.07, 6.45) is 0.313. The maximum atomic E-state index is 14.5. The topological polar surface area (TPSA) is 66.9 Å². The van der Waals surface area contributed by atoms with E-state index in [1.54, 1.807) is 6.07 Å². The summed E-state index contributed by atoms with van der Waals surface area (Å²) in [6.45, 7) is 4.07. The van der Waals surface area contributed by atoms with Crippen molar-refractivity contribution in [3.63, 3.8) is 0 Å². The van der Waals surface area contributed by atoms with Crippen molar-refractivity contribution in [3.8, 4) is 10.6 Å². The van der Waals surface area contributed by atoms with Crippen LogP contribution in [0.3, 0.4) is 0 Å². The number of hydrogen-bond acceptors (Lipinski definition) is 5. The molecule has 1 aromatic heterocycles. The Morgan fingerprint density at radius 2 is 2.04 bits per heavy atom. The second kappa shape index (κ2) is 9.03. The molecule has 2 N–H and O–H groups in total. The van der Waals surface area contributed by atoms with Gasteiger partial charge in [0.15, 0.2) is 0 Å². The molecule has 2 aromatic carbocycles. The molecular formula is C21H23FN4OS. The summed E-state index contributed by atoms with van der Waals surface area (Å²) in [5, 5.41) is 15.9. The molecule has 0 fully saturated rings. The Morgan fingerprint density at radius 1 is 1.21 bits per heavy atom. The zero-order chi connectivity index (χ0) is 20.1. The van der Waals surface area contributed by atoms with Gasteiger partial charge in [-0.1, -0.05) is 47.2 Å². The molecule has 0 aliphatic heterocycles. The van der Waals surface area contributed by atoms with Crippen molar-refractivity contribution in [2.45, 2.75) is 32.9 Å². The maximum Gasteiger partial charge on any atom is 0.217 e. The predicted molar refractivity (Wildman–Crippen MR) is 110 cm³/mol. The number of amides is 1. The van der Waals surface area contributed by atoms with Gasteiger partial charge in [0.1, 0.15) is 15.8 Å². The highest BCUT2D eigenvalue weighted by atomic mass is 32.1. The average molecular weight is 399 g/mol. The summed E-state index contributed by atoms with van der Waals surface area (Å²) in [4.78, 5) is 11.7. The number of rotatable bonds is 7. The Balaban J connectivity index is 1.86. The van der Waals surface area contributed by atoms with E-state index in [0.29, 0.717) is 23.5 Å². The van der Waals surface area contributed by atoms with Gasteiger partial charge in [-0.05, 0) is 37.2 Å². The first-order valence-electron chi connectivity index (χ1n) is 9.05. The van der Waals surface area contributed by atoms with Crippen LogP contribution in [0.2, 0.25) is 0 Å². The van der Waals surface area contributed by atoms with Crippen LogP contribution in [0.1, 0.15) is 34.7 Å². The second-order valence-electron chi connectivity index (χ2n) is 6.73. The van der Waals surface area contributed by atoms with Crippen LogP contribution >= 0.6 is 11.3 Å². The monoisotopic (exact) mass is 398 g/mol. The minimum absolute atomic E-state index is 0.190. The van der Waals surface area contributed by atoms with Gasteiger partial charge < -0.3 is 10.6 Å². The van der Waals surface area contributed by atoms with E-state index in [9.17, 15) is 9.18 Å². The van der Waals surface area contributed by atoms with Crippen LogP contribution in [0.15, 0.2) is 42.5 Å². The summed E-state index contributed by atoms with van der Waals surface area (Å²) < 4.78 is 14.5. The van der Waals surface area contributed by atoms with Crippen LogP contribution in [0.5, 0.6) is 0 Å². The molecule has 0 aliphatic rings. The first kappa shape index (κ1) is 20.1. The number of aromatic nitrogens is 2. The largest absolute Gasteiger partial charge is 0.347 e. The molecule has 146 valence electrons. The standard InChI is InChI=1S/C21H23FN4OS/c1-13-5-4-6-17(9-13)20-25-26-21(28-20)19(24-14(2)27)11-16-8-7-15(12-23-3)10-18(16)22/h4-10,19,23H,11-12H2,1-3H3,(H,24,27). The molecule has 1 atom stereocenters. The SMILES string of the molecule is CNCc1ccc(CC(NC(C)=O)c2nnc(-c3cccc(C)c3)s2)c(F)c1. The molecule has 3 rings (SSSR count). The van der Waals surface area contributed by atoms with Gasteiger partial charge in [-0.15, -0.1) is 10.2 Å². The van der Waals surface area contributed by atoms with Crippen LogP contribution in [0, 0.1) is 12.7 Å². The minimum Gasteiger partial charge on any atom is -0.347 e. The molecule has 0 saturated heterocycles. The Labute approximate surface area is 168 Å². The fourth-order valence-electron chi connectivity index (χ4n) is 3.01. The van der Waals surface area contributed by atoms with E-state index >= 15 is 0 Å². The lowest BCUT2D eigenvalue weighted by atomic mass is 10.0. The molecule has 0 saturated carbocycles. The number of nitrogens with one attached hydrogen (secondary N) is 2. The van der Waals surface area contributed by atoms with E-state index in [-0.39, 0.29) is 11.7 Å². The lowest BCUT2D eigenvalue weighted by Crippen LogP contribution is -2.28. The number of carbonyl (C=O) groups is 1. The molecule has 1 amide bonds. The number of benzene rings is 2. The summed E-state index contributed by atoms with van der Waals surface area (Å²) in [6, 6.07) is 12.7. The number of carbonyl (C=O) groups excluding carboxylic acids is 1. The molecule has 1 heterocycles. The molecular weight excluding hydrogens is 375 g/mol. The molecule has 28 heavy (non-hydrogen) atoms. The first-order chi connectivity index (χ1) is 13.5. The van der Waals surface area contributed by atoms with Gasteiger partial charge in [0.25, 0.3) is 0 Å². The van der Waals surface area contributed by atoms with Crippen molar-refractivity contribution in [2.24, 2.45) is 0 Å². The van der Waals surface area contributed by atoms with Gasteiger partial charge in [0, 0.05) is 25.5 Å². The van der Waals surface area contributed by atoms with E-state index < -0.39 is 6.04 Å². The number of halogens is 1. The third-order valence-corrected chi connectivity index (χ3v) is 5.39. The average Bonchev–Trinajstić information content (AvgIpc) is 3.13. The van der Waals surface area contributed by atoms with Gasteiger partial charge in [0.2, 0.25) is 5.91 Å². The van der Waals surface area contributed by atoms with Crippen molar-refractivity contribution in [1.29, 1.82) is 0 Å². The van der Waals surface area contributed by atoms with E-state index in [1.807, 2.05) is 44.3 Å². The van der Waals surface area contributed by atoms with Gasteiger partial charge in [-0.25, -0.2) is 4.39 Å². The maximum absolute atomic E-state index is 14.5. The predicted octanol–water partition coefficient (Wildman–Crippen LogP) is 3.79. The lowest BCUT2D eigenvalue weighted by Gasteiger charge is -2.16. The Bertz CT molecular complexity index is 973. The van der Waals surface area contributed by atoms with Crippen molar-refractivity contribution in [1.82, 2.24) is 20.8 Å². The molecule has 0 spiro atoms. The summed E-state index contributed by atoms with van der Waals surface area (Å²) >= 11 is 1.41. The van der Waals surface area contributed by atoms with Crippen LogP contribution in [-0.2, 0) is 17.8 Å². The molecule has 7 heteroatoms. The third-order valence-electron chi connectivity index (χ3n) is 4.30. The first-order valence-corrected chi connectivity index (χ1v) is 9.87.